The van der Waals surface area contributed by atoms with E-state index in [0.717, 1.165) is 12.1 Å². The molecule has 2 nitrogen and oxygen atoms in total. The van der Waals surface area contributed by atoms with Crippen LogP contribution in [0.4, 0.5) is 8.78 Å². The van der Waals surface area contributed by atoms with Crippen molar-refractivity contribution in [2.45, 2.75) is 12.3 Å². The Bertz CT molecular complexity index is 390. The average Bonchev–Trinajstić information content (AvgIpc) is 2.89. The minimum atomic E-state index is -0.918. The highest BCUT2D eigenvalue weighted by atomic mass is 19.2. The topological polar surface area (TPSA) is 37.3 Å². The number of benzene rings is 1. The smallest absolute Gasteiger partial charge is 0.307 e. The molecular weight excluding hydrogens is 190 g/mol. The van der Waals surface area contributed by atoms with Crippen molar-refractivity contribution in [3.63, 3.8) is 0 Å². The Balaban J connectivity index is 2.20. The maximum absolute atomic E-state index is 12.8. The van der Waals surface area contributed by atoms with Gasteiger partial charge in [-0.15, -0.1) is 0 Å². The van der Waals surface area contributed by atoms with Crippen LogP contribution in [0.3, 0.4) is 0 Å². The number of hydrogen-bond acceptors (Lipinski definition) is 1. The highest BCUT2D eigenvalue weighted by molar-refractivity contribution is 5.75. The van der Waals surface area contributed by atoms with Gasteiger partial charge in [0, 0.05) is 0 Å². The van der Waals surface area contributed by atoms with Gasteiger partial charge in [-0.2, -0.15) is 0 Å². The first-order chi connectivity index (χ1) is 6.59. The summed E-state index contributed by atoms with van der Waals surface area (Å²) in [6.07, 6.45) is 0.514. The van der Waals surface area contributed by atoms with Gasteiger partial charge < -0.3 is 5.11 Å². The highest BCUT2D eigenvalue weighted by Gasteiger charge is 2.44. The van der Waals surface area contributed by atoms with Gasteiger partial charge in [0.25, 0.3) is 0 Å². The van der Waals surface area contributed by atoms with E-state index in [-0.39, 0.29) is 5.92 Å². The normalized spacial score (nSPS) is 24.7. The van der Waals surface area contributed by atoms with Gasteiger partial charge in [-0.05, 0) is 30.0 Å². The highest BCUT2D eigenvalue weighted by Crippen LogP contribution is 2.47. The average molecular weight is 198 g/mol. The molecule has 2 atom stereocenters. The summed E-state index contributed by atoms with van der Waals surface area (Å²) >= 11 is 0. The fraction of sp³-hybridized carbons (Fsp3) is 0.300. The molecule has 1 saturated carbocycles. The molecule has 1 unspecified atom stereocenters. The van der Waals surface area contributed by atoms with Crippen LogP contribution < -0.4 is 0 Å². The van der Waals surface area contributed by atoms with E-state index >= 15 is 0 Å². The van der Waals surface area contributed by atoms with Crippen molar-refractivity contribution < 1.29 is 18.7 Å². The van der Waals surface area contributed by atoms with Crippen molar-refractivity contribution in [3.8, 4) is 0 Å². The van der Waals surface area contributed by atoms with Crippen LogP contribution in [0.5, 0.6) is 0 Å². The minimum absolute atomic E-state index is 0.150. The number of carbonyl (C=O) groups is 1. The first-order valence-electron chi connectivity index (χ1n) is 4.27. The number of carboxylic acid groups (broad SMARTS) is 1. The van der Waals surface area contributed by atoms with Crippen LogP contribution in [-0.2, 0) is 4.79 Å². The van der Waals surface area contributed by atoms with Crippen LogP contribution >= 0.6 is 0 Å². The lowest BCUT2D eigenvalue weighted by atomic mass is 10.1. The predicted octanol–water partition coefficient (Wildman–Crippen LogP) is 2.15. The van der Waals surface area contributed by atoms with Crippen molar-refractivity contribution in [2.24, 2.45) is 5.92 Å². The van der Waals surface area contributed by atoms with Crippen LogP contribution in [-0.4, -0.2) is 11.1 Å². The van der Waals surface area contributed by atoms with E-state index in [0.29, 0.717) is 12.0 Å². The van der Waals surface area contributed by atoms with Gasteiger partial charge in [-0.1, -0.05) is 6.07 Å². The first-order valence-corrected chi connectivity index (χ1v) is 4.27. The van der Waals surface area contributed by atoms with Crippen LogP contribution in [0, 0.1) is 17.6 Å². The summed E-state index contributed by atoms with van der Waals surface area (Å²) in [5.41, 5.74) is 0.566. The van der Waals surface area contributed by atoms with E-state index in [1.54, 1.807) is 0 Å². The third-order valence-electron chi connectivity index (χ3n) is 2.48. The molecule has 0 aliphatic heterocycles. The Morgan fingerprint density at radius 3 is 2.57 bits per heavy atom. The Hall–Kier alpha value is -1.45. The van der Waals surface area contributed by atoms with Crippen molar-refractivity contribution in [1.82, 2.24) is 0 Å². The van der Waals surface area contributed by atoms with Crippen LogP contribution in [0.25, 0.3) is 0 Å². The van der Waals surface area contributed by atoms with E-state index < -0.39 is 23.5 Å². The monoisotopic (exact) mass is 198 g/mol. The molecule has 1 N–H and O–H groups in total. The summed E-state index contributed by atoms with van der Waals surface area (Å²) in [6.45, 7) is 0. The minimum Gasteiger partial charge on any atom is -0.481 e. The predicted molar refractivity (Wildman–Crippen MR) is 44.8 cm³/mol. The third-order valence-corrected chi connectivity index (χ3v) is 2.48. The standard InChI is InChI=1S/C10H8F2O2/c11-8-2-1-5(3-9(8)12)6-4-7(6)10(13)14/h1-3,6-7H,4H2,(H,13,14)/t6-,7?/m1/s1. The zero-order chi connectivity index (χ0) is 10.3. The third kappa shape index (κ3) is 1.47. The maximum atomic E-state index is 12.8. The van der Waals surface area contributed by atoms with Gasteiger partial charge in [0.05, 0.1) is 5.92 Å². The molecule has 0 heterocycles. The van der Waals surface area contributed by atoms with Crippen molar-refractivity contribution in [1.29, 1.82) is 0 Å². The Labute approximate surface area is 79.2 Å². The summed E-state index contributed by atoms with van der Waals surface area (Å²) in [5, 5.41) is 8.64. The Morgan fingerprint density at radius 1 is 1.36 bits per heavy atom. The molecule has 74 valence electrons. The zero-order valence-electron chi connectivity index (χ0n) is 7.21. The quantitative estimate of drug-likeness (QED) is 0.790. The van der Waals surface area contributed by atoms with Crippen LogP contribution in [0.2, 0.25) is 0 Å². The largest absolute Gasteiger partial charge is 0.481 e. The van der Waals surface area contributed by atoms with Gasteiger partial charge >= 0.3 is 5.97 Å². The second-order valence-corrected chi connectivity index (χ2v) is 3.46. The second-order valence-electron chi connectivity index (χ2n) is 3.46. The summed E-state index contributed by atoms with van der Waals surface area (Å²) in [6, 6.07) is 3.54. The van der Waals surface area contributed by atoms with Gasteiger partial charge in [-0.3, -0.25) is 4.79 Å². The molecule has 4 heteroatoms. The number of hydrogen-bond donors (Lipinski definition) is 1. The molecular formula is C10H8F2O2. The molecule has 1 aromatic rings. The lowest BCUT2D eigenvalue weighted by molar-refractivity contribution is -0.138. The van der Waals surface area contributed by atoms with Crippen LogP contribution in [0.1, 0.15) is 17.9 Å². The summed E-state index contributed by atoms with van der Waals surface area (Å²) < 4.78 is 25.3. The molecule has 1 aliphatic carbocycles. The molecule has 2 rings (SSSR count). The second kappa shape index (κ2) is 3.04. The number of rotatable bonds is 2. The van der Waals surface area contributed by atoms with E-state index in [4.69, 9.17) is 5.11 Å². The fourth-order valence-electron chi connectivity index (χ4n) is 1.58. The van der Waals surface area contributed by atoms with Crippen molar-refractivity contribution in [3.05, 3.63) is 35.4 Å². The number of carboxylic acids is 1. The van der Waals surface area contributed by atoms with Crippen LogP contribution in [0.15, 0.2) is 18.2 Å². The summed E-state index contributed by atoms with van der Waals surface area (Å²) in [5.74, 6) is -3.28. The molecule has 1 aromatic carbocycles. The van der Waals surface area contributed by atoms with Gasteiger partial charge in [0.1, 0.15) is 0 Å². The molecule has 0 aromatic heterocycles. The zero-order valence-corrected chi connectivity index (χ0v) is 7.21. The van der Waals surface area contributed by atoms with Gasteiger partial charge in [0.2, 0.25) is 0 Å². The van der Waals surface area contributed by atoms with E-state index in [1.807, 2.05) is 0 Å². The summed E-state index contributed by atoms with van der Waals surface area (Å²) in [4.78, 5) is 10.5. The lowest BCUT2D eigenvalue weighted by Crippen LogP contribution is -1.99. The number of halogens is 2. The van der Waals surface area contributed by atoms with E-state index in [1.165, 1.54) is 6.07 Å². The molecule has 0 spiro atoms. The molecule has 14 heavy (non-hydrogen) atoms. The van der Waals surface area contributed by atoms with Gasteiger partial charge in [-0.25, -0.2) is 8.78 Å². The van der Waals surface area contributed by atoms with Crippen molar-refractivity contribution in [2.75, 3.05) is 0 Å². The van der Waals surface area contributed by atoms with Gasteiger partial charge in [0.15, 0.2) is 11.6 Å². The van der Waals surface area contributed by atoms with E-state index in [2.05, 4.69) is 0 Å². The Kier molecular flexibility index (Phi) is 1.98. The fourth-order valence-corrected chi connectivity index (χ4v) is 1.58. The van der Waals surface area contributed by atoms with Crippen molar-refractivity contribution >= 4 is 5.97 Å². The van der Waals surface area contributed by atoms with E-state index in [9.17, 15) is 13.6 Å². The Morgan fingerprint density at radius 2 is 2.07 bits per heavy atom. The molecule has 0 amide bonds. The first kappa shape index (κ1) is 9.12. The SMILES string of the molecule is O=C(O)C1C[C@@H]1c1ccc(F)c(F)c1. The molecule has 1 aliphatic rings. The molecule has 1 fully saturated rings. The molecule has 0 saturated heterocycles. The number of aliphatic carboxylic acids is 1. The lowest BCUT2D eigenvalue weighted by Gasteiger charge is -1.99. The molecule has 0 radical (unpaired) electrons. The molecule has 0 bridgehead atoms. The maximum Gasteiger partial charge on any atom is 0.307 e. The summed E-state index contributed by atoms with van der Waals surface area (Å²) in [7, 11) is 0.